The number of benzene rings is 1. The number of likely N-dealkylation sites (N-methyl/N-ethyl adjacent to an activating group) is 2. The van der Waals surface area contributed by atoms with Gasteiger partial charge in [0.1, 0.15) is 35.6 Å². The second-order valence-electron chi connectivity index (χ2n) is 18.9. The maximum absolute atomic E-state index is 14.9. The van der Waals surface area contributed by atoms with Crippen LogP contribution in [0.15, 0.2) is 30.3 Å². The number of nitrogens with zero attached hydrogens (tertiary/aromatic N) is 2. The number of thiocarbonyl (C=S) groups is 1. The molecule has 15 nitrogen and oxygen atoms in total. The molecule has 4 saturated heterocycles. The summed E-state index contributed by atoms with van der Waals surface area (Å²) in [5.74, 6) is -3.91. The predicted octanol–water partition coefficient (Wildman–Crippen LogP) is 3.65. The van der Waals surface area contributed by atoms with Crippen LogP contribution < -0.4 is 4.74 Å². The molecule has 1 spiro atoms. The summed E-state index contributed by atoms with van der Waals surface area (Å²) in [7, 11) is 7.20. The molecule has 4 fully saturated rings. The molecule has 0 bridgehead atoms. The van der Waals surface area contributed by atoms with Gasteiger partial charge < -0.3 is 68.1 Å². The third-order valence-electron chi connectivity index (χ3n) is 13.6. The van der Waals surface area contributed by atoms with Crippen molar-refractivity contribution in [2.75, 3.05) is 34.8 Å². The number of cyclic esters (lactones) is 1. The van der Waals surface area contributed by atoms with Gasteiger partial charge in [0.15, 0.2) is 18.2 Å². The second-order valence-corrected chi connectivity index (χ2v) is 19.3. The molecule has 4 aliphatic rings. The van der Waals surface area contributed by atoms with Crippen molar-refractivity contribution >= 4 is 23.4 Å². The molecular weight excluding hydrogens is 797 g/mol. The molecule has 0 aliphatic carbocycles. The van der Waals surface area contributed by atoms with Gasteiger partial charge in [-0.25, -0.2) is 0 Å². The summed E-state index contributed by atoms with van der Waals surface area (Å²) in [4.78, 5) is 18.8. The zero-order valence-electron chi connectivity index (χ0n) is 37.8. The Morgan fingerprint density at radius 3 is 2.27 bits per heavy atom. The van der Waals surface area contributed by atoms with Crippen molar-refractivity contribution in [3.63, 3.8) is 0 Å². The molecule has 5 rings (SSSR count). The van der Waals surface area contributed by atoms with Crippen LogP contribution in [0.1, 0.15) is 88.0 Å². The minimum Gasteiger partial charge on any atom is -0.459 e. The maximum atomic E-state index is 14.9. The zero-order chi connectivity index (χ0) is 44.7. The van der Waals surface area contributed by atoms with Gasteiger partial charge in [-0.3, -0.25) is 4.79 Å². The van der Waals surface area contributed by atoms with E-state index in [1.54, 1.807) is 46.8 Å². The Morgan fingerprint density at radius 1 is 1.02 bits per heavy atom. The largest absolute Gasteiger partial charge is 0.459 e. The molecule has 8 unspecified atom stereocenters. The van der Waals surface area contributed by atoms with E-state index in [0.29, 0.717) is 18.7 Å². The predicted molar refractivity (Wildman–Crippen MR) is 226 cm³/mol. The summed E-state index contributed by atoms with van der Waals surface area (Å²) in [5.41, 5.74) is -4.61. The summed E-state index contributed by atoms with van der Waals surface area (Å²) >= 11 is 5.62. The van der Waals surface area contributed by atoms with Crippen molar-refractivity contribution in [1.82, 2.24) is 9.80 Å². The summed E-state index contributed by atoms with van der Waals surface area (Å²) < 4.78 is 51.2. The topological polar surface area (TPSA) is 178 Å². The van der Waals surface area contributed by atoms with Crippen LogP contribution >= 0.6 is 12.2 Å². The fourth-order valence-corrected chi connectivity index (χ4v) is 10.4. The lowest BCUT2D eigenvalue weighted by Crippen LogP contribution is -2.75. The molecule has 18 atom stereocenters. The van der Waals surface area contributed by atoms with Crippen molar-refractivity contribution in [3.8, 4) is 5.75 Å². The molecule has 4 heterocycles. The van der Waals surface area contributed by atoms with E-state index >= 15 is 0 Å². The van der Waals surface area contributed by atoms with Gasteiger partial charge in [-0.2, -0.15) is 0 Å². The number of ether oxygens (including phenoxy) is 8. The number of esters is 1. The highest BCUT2D eigenvalue weighted by atomic mass is 32.1. The number of para-hydroxylation sites is 1. The number of rotatable bonds is 7. The SMILES string of the molecule is CC[C@H]1OC(=O)[C@H]2[C@@H](OC23CC(C)(OC)C(O)C(C)O3)[C@H](C)[C@@H](OC2OC(C)CC(N(C)C)C2OC(=S)Oc2ccccc2)[C@@](C)(O)C[C@@H](C)CN(C)[C@H](C)[C@@H](O)[C@]1(C)O. The lowest BCUT2D eigenvalue weighted by molar-refractivity contribution is -0.441. The molecule has 0 radical (unpaired) electrons. The van der Waals surface area contributed by atoms with Crippen LogP contribution in [0.4, 0.5) is 0 Å². The molecule has 60 heavy (non-hydrogen) atoms. The molecule has 0 amide bonds. The van der Waals surface area contributed by atoms with E-state index in [-0.39, 0.29) is 42.6 Å². The standard InChI is InChI=1S/C44H72N2O13S/c1-14-31-43(9,51)35(47)27(5)46(12)22-24(2)21-41(7,50)37(26(4)33-32(38(49)55-31)44(59-33)23-42(8,52-13)36(48)28(6)58-44)57-39-34(30(45(10)11)20-25(3)53-39)56-40(60)54-29-18-16-15-17-19-29/h15-19,24-28,30-37,39,47-48,50-51H,14,20-23H2,1-13H3/t24-,25?,26+,27-,28?,30?,31-,32-,33+,34?,35-,36?,37-,39?,41+,42?,43-,44?/m1/s1. The smallest absolute Gasteiger partial charge is 0.358 e. The number of aliphatic hydroxyl groups excluding tert-OH is 2. The van der Waals surface area contributed by atoms with Gasteiger partial charge in [0.05, 0.1) is 41.7 Å². The average molecular weight is 869 g/mol. The van der Waals surface area contributed by atoms with Gasteiger partial charge in [-0.1, -0.05) is 39.0 Å². The lowest BCUT2D eigenvalue weighted by atomic mass is 9.68. The van der Waals surface area contributed by atoms with Gasteiger partial charge in [-0.15, -0.1) is 0 Å². The molecule has 4 N–H and O–H groups in total. The Bertz CT molecular complexity index is 1600. The van der Waals surface area contributed by atoms with Gasteiger partial charge in [0.25, 0.3) is 0 Å². The summed E-state index contributed by atoms with van der Waals surface area (Å²) in [6, 6.07) is 8.24. The number of carbonyl (C=O) groups excluding carboxylic acids is 1. The van der Waals surface area contributed by atoms with Crippen LogP contribution in [-0.2, 0) is 38.0 Å². The van der Waals surface area contributed by atoms with Crippen LogP contribution in [-0.4, -0.2) is 166 Å². The highest BCUT2D eigenvalue weighted by molar-refractivity contribution is 7.79. The van der Waals surface area contributed by atoms with Crippen molar-refractivity contribution in [2.45, 2.75) is 178 Å². The first-order valence-electron chi connectivity index (χ1n) is 21.4. The number of carbonyl (C=O) groups is 1. The minimum absolute atomic E-state index is 0.0376. The summed E-state index contributed by atoms with van der Waals surface area (Å²) in [6.45, 7) is 16.4. The van der Waals surface area contributed by atoms with Gasteiger partial charge in [-0.05, 0) is 100.0 Å². The van der Waals surface area contributed by atoms with Crippen LogP contribution in [0, 0.1) is 17.8 Å². The molecule has 4 aliphatic heterocycles. The number of aliphatic hydroxyl groups is 4. The Labute approximate surface area is 361 Å². The Balaban J connectivity index is 1.60. The van der Waals surface area contributed by atoms with Crippen molar-refractivity contribution < 1.29 is 63.1 Å². The zero-order valence-corrected chi connectivity index (χ0v) is 38.6. The van der Waals surface area contributed by atoms with Gasteiger partial charge >= 0.3 is 11.2 Å². The molecule has 0 saturated carbocycles. The lowest BCUT2D eigenvalue weighted by Gasteiger charge is -2.62. The molecule has 342 valence electrons. The van der Waals surface area contributed by atoms with Crippen LogP contribution in [0.2, 0.25) is 0 Å². The third kappa shape index (κ3) is 10.0. The van der Waals surface area contributed by atoms with Crippen molar-refractivity contribution in [3.05, 3.63) is 30.3 Å². The van der Waals surface area contributed by atoms with Crippen molar-refractivity contribution in [1.29, 1.82) is 0 Å². The van der Waals surface area contributed by atoms with E-state index in [4.69, 9.17) is 50.1 Å². The van der Waals surface area contributed by atoms with E-state index in [1.807, 2.05) is 69.9 Å². The average Bonchev–Trinajstić information content (AvgIpc) is 3.16. The third-order valence-corrected chi connectivity index (χ3v) is 13.8. The van der Waals surface area contributed by atoms with Crippen LogP contribution in [0.5, 0.6) is 5.75 Å². The fraction of sp³-hybridized carbons (Fsp3) is 0.818. The first kappa shape index (κ1) is 49.0. The van der Waals surface area contributed by atoms with Gasteiger partial charge in [0.2, 0.25) is 0 Å². The molecule has 1 aromatic carbocycles. The van der Waals surface area contributed by atoms with E-state index in [0.717, 1.165) is 0 Å². The molecular formula is C44H72N2O13S. The number of fused-ring (bicyclic) bond motifs is 2. The Hall–Kier alpha value is -2.06. The van der Waals surface area contributed by atoms with Gasteiger partial charge in [0, 0.05) is 44.3 Å². The van der Waals surface area contributed by atoms with Crippen molar-refractivity contribution in [2.24, 2.45) is 17.8 Å². The van der Waals surface area contributed by atoms with E-state index < -0.39 is 95.5 Å². The summed E-state index contributed by atoms with van der Waals surface area (Å²) in [5, 5.41) is 47.5. The highest BCUT2D eigenvalue weighted by Crippen LogP contribution is 2.55. The number of methoxy groups -OCH3 is 1. The first-order chi connectivity index (χ1) is 27.9. The van der Waals surface area contributed by atoms with Crippen LogP contribution in [0.25, 0.3) is 0 Å². The van der Waals surface area contributed by atoms with E-state index in [1.165, 1.54) is 14.0 Å². The highest BCUT2D eigenvalue weighted by Gasteiger charge is 2.70. The first-order valence-corrected chi connectivity index (χ1v) is 21.8. The normalized spacial score (nSPS) is 46.1. The Kier molecular flexibility index (Phi) is 15.5. The minimum atomic E-state index is -1.85. The Morgan fingerprint density at radius 2 is 1.67 bits per heavy atom. The summed E-state index contributed by atoms with van der Waals surface area (Å²) in [6.07, 6.45) is -7.56. The number of hydrogen-bond donors (Lipinski definition) is 4. The second kappa shape index (κ2) is 19.0. The molecule has 0 aromatic heterocycles. The fourth-order valence-electron chi connectivity index (χ4n) is 10.2. The maximum Gasteiger partial charge on any atom is 0.358 e. The molecule has 16 heteroatoms. The van der Waals surface area contributed by atoms with E-state index in [2.05, 4.69) is 0 Å². The quantitative estimate of drug-likeness (QED) is 0.231. The van der Waals surface area contributed by atoms with Crippen LogP contribution in [0.3, 0.4) is 0 Å². The van der Waals surface area contributed by atoms with E-state index in [9.17, 15) is 25.2 Å². The molecule has 1 aromatic rings. The number of hydrogen-bond acceptors (Lipinski definition) is 16. The monoisotopic (exact) mass is 868 g/mol.